The number of carbonyl (C=O) groups excluding carboxylic acids is 2. The third-order valence-corrected chi connectivity index (χ3v) is 8.10. The van der Waals surface area contributed by atoms with Crippen molar-refractivity contribution in [3.05, 3.63) is 90.0 Å². The Hall–Kier alpha value is -4.05. The average molecular weight is 580 g/mol. The molecule has 4 rings (SSSR count). The van der Waals surface area contributed by atoms with Crippen LogP contribution in [0.4, 0.5) is 5.69 Å². The summed E-state index contributed by atoms with van der Waals surface area (Å²) in [6, 6.07) is 22.6. The van der Waals surface area contributed by atoms with E-state index in [1.54, 1.807) is 18.2 Å². The van der Waals surface area contributed by atoms with Crippen molar-refractivity contribution in [3.8, 4) is 11.5 Å². The number of sulfonamides is 1. The van der Waals surface area contributed by atoms with Gasteiger partial charge in [0, 0.05) is 25.1 Å². The van der Waals surface area contributed by atoms with E-state index in [0.717, 1.165) is 28.1 Å². The van der Waals surface area contributed by atoms with Crippen molar-refractivity contribution in [1.82, 2.24) is 10.2 Å². The maximum Gasteiger partial charge on any atom is 0.244 e. The van der Waals surface area contributed by atoms with Gasteiger partial charge in [0.05, 0.1) is 11.9 Å². The van der Waals surface area contributed by atoms with Crippen LogP contribution in [-0.4, -0.2) is 63.2 Å². The molecule has 218 valence electrons. The molecule has 9 nitrogen and oxygen atoms in total. The Bertz CT molecular complexity index is 1430. The van der Waals surface area contributed by atoms with Crippen molar-refractivity contribution in [3.63, 3.8) is 0 Å². The van der Waals surface area contributed by atoms with Gasteiger partial charge in [0.25, 0.3) is 0 Å². The molecular weight excluding hydrogens is 542 g/mol. The number of rotatable bonds is 12. The second-order valence-electron chi connectivity index (χ2n) is 10.1. The molecule has 0 unspecified atom stereocenters. The molecule has 2 amide bonds. The van der Waals surface area contributed by atoms with E-state index in [1.807, 2.05) is 74.5 Å². The highest BCUT2D eigenvalue weighted by molar-refractivity contribution is 7.92. The molecule has 0 aliphatic carbocycles. The molecule has 0 fully saturated rings. The fraction of sp³-hybridized carbons (Fsp3) is 0.355. The van der Waals surface area contributed by atoms with Gasteiger partial charge in [-0.05, 0) is 36.6 Å². The predicted octanol–water partition coefficient (Wildman–Crippen LogP) is 3.78. The van der Waals surface area contributed by atoms with E-state index in [4.69, 9.17) is 9.47 Å². The molecule has 0 saturated heterocycles. The number of hydrogen-bond acceptors (Lipinski definition) is 6. The summed E-state index contributed by atoms with van der Waals surface area (Å²) in [4.78, 5) is 29.3. The molecule has 1 N–H and O–H groups in total. The SMILES string of the molecule is CC[C@H](C)NC(=O)[C@@H](Cc1ccccc1)N(Cc1ccccc1)C(=O)CN(c1ccc2c(c1)OCCO2)S(C)(=O)=O. The van der Waals surface area contributed by atoms with E-state index >= 15 is 0 Å². The Kier molecular flexibility index (Phi) is 9.88. The summed E-state index contributed by atoms with van der Waals surface area (Å²) in [5.41, 5.74) is 1.98. The number of hydrogen-bond donors (Lipinski definition) is 1. The maximum absolute atomic E-state index is 14.1. The summed E-state index contributed by atoms with van der Waals surface area (Å²) in [5, 5.41) is 3.03. The molecule has 3 aromatic carbocycles. The van der Waals surface area contributed by atoms with Crippen molar-refractivity contribution in [2.24, 2.45) is 0 Å². The van der Waals surface area contributed by atoms with Gasteiger partial charge in [0.15, 0.2) is 11.5 Å². The number of anilines is 1. The van der Waals surface area contributed by atoms with Crippen LogP contribution in [0, 0.1) is 0 Å². The van der Waals surface area contributed by atoms with Crippen molar-refractivity contribution in [2.75, 3.05) is 30.3 Å². The maximum atomic E-state index is 14.1. The standard InChI is InChI=1S/C31H37N3O6S/c1-4-23(2)32-31(36)27(19-24-11-7-5-8-12-24)33(21-25-13-9-6-10-14-25)30(35)22-34(41(3,37)38)26-15-16-28-29(20-26)40-18-17-39-28/h5-16,20,23,27H,4,17-19,21-22H2,1-3H3,(H,32,36)/t23-,27+/m0/s1. The van der Waals surface area contributed by atoms with Gasteiger partial charge in [-0.3, -0.25) is 13.9 Å². The first kappa shape index (κ1) is 29.9. The number of benzene rings is 3. The Morgan fingerprint density at radius 3 is 2.12 bits per heavy atom. The highest BCUT2D eigenvalue weighted by atomic mass is 32.2. The smallest absolute Gasteiger partial charge is 0.244 e. The van der Waals surface area contributed by atoms with E-state index in [0.29, 0.717) is 24.7 Å². The molecule has 0 bridgehead atoms. The Labute approximate surface area is 242 Å². The number of nitrogens with one attached hydrogen (secondary N) is 1. The van der Waals surface area contributed by atoms with Crippen LogP contribution in [0.5, 0.6) is 11.5 Å². The predicted molar refractivity (Wildman–Crippen MR) is 158 cm³/mol. The van der Waals surface area contributed by atoms with Crippen LogP contribution in [0.3, 0.4) is 0 Å². The molecule has 1 aliphatic heterocycles. The Morgan fingerprint density at radius 1 is 0.902 bits per heavy atom. The van der Waals surface area contributed by atoms with Crippen LogP contribution in [0.25, 0.3) is 0 Å². The van der Waals surface area contributed by atoms with Gasteiger partial charge in [0.2, 0.25) is 21.8 Å². The summed E-state index contributed by atoms with van der Waals surface area (Å²) in [6.07, 6.45) is 2.04. The minimum absolute atomic E-state index is 0.0975. The third kappa shape index (κ3) is 8.00. The molecule has 10 heteroatoms. The molecule has 0 aromatic heterocycles. The highest BCUT2D eigenvalue weighted by Crippen LogP contribution is 2.34. The third-order valence-electron chi connectivity index (χ3n) is 6.96. The van der Waals surface area contributed by atoms with Crippen LogP contribution in [0.15, 0.2) is 78.9 Å². The lowest BCUT2D eigenvalue weighted by Crippen LogP contribution is -2.54. The van der Waals surface area contributed by atoms with Gasteiger partial charge in [0.1, 0.15) is 25.8 Å². The second kappa shape index (κ2) is 13.5. The minimum Gasteiger partial charge on any atom is -0.486 e. The molecule has 2 atom stereocenters. The lowest BCUT2D eigenvalue weighted by atomic mass is 10.0. The summed E-state index contributed by atoms with van der Waals surface area (Å²) >= 11 is 0. The average Bonchev–Trinajstić information content (AvgIpc) is 2.97. The fourth-order valence-corrected chi connectivity index (χ4v) is 5.42. The number of fused-ring (bicyclic) bond motifs is 1. The largest absolute Gasteiger partial charge is 0.486 e. The monoisotopic (exact) mass is 579 g/mol. The fourth-order valence-electron chi connectivity index (χ4n) is 4.58. The van der Waals surface area contributed by atoms with Crippen molar-refractivity contribution in [2.45, 2.75) is 45.3 Å². The van der Waals surface area contributed by atoms with E-state index in [2.05, 4.69) is 5.32 Å². The van der Waals surface area contributed by atoms with Crippen LogP contribution in [0.2, 0.25) is 0 Å². The molecule has 1 heterocycles. The minimum atomic E-state index is -3.88. The summed E-state index contributed by atoms with van der Waals surface area (Å²) in [6.45, 7) is 4.26. The molecule has 3 aromatic rings. The van der Waals surface area contributed by atoms with Crippen LogP contribution in [0.1, 0.15) is 31.4 Å². The van der Waals surface area contributed by atoms with Crippen LogP contribution >= 0.6 is 0 Å². The van der Waals surface area contributed by atoms with Gasteiger partial charge < -0.3 is 19.7 Å². The Morgan fingerprint density at radius 2 is 1.51 bits per heavy atom. The number of nitrogens with zero attached hydrogens (tertiary/aromatic N) is 2. The first-order chi connectivity index (χ1) is 19.7. The lowest BCUT2D eigenvalue weighted by molar-refractivity contribution is -0.140. The first-order valence-electron chi connectivity index (χ1n) is 13.7. The van der Waals surface area contributed by atoms with Crippen molar-refractivity contribution >= 4 is 27.5 Å². The molecule has 1 aliphatic rings. The van der Waals surface area contributed by atoms with Gasteiger partial charge in [-0.1, -0.05) is 67.6 Å². The van der Waals surface area contributed by atoms with E-state index in [-0.39, 0.29) is 30.6 Å². The molecule has 0 radical (unpaired) electrons. The zero-order chi connectivity index (χ0) is 29.4. The van der Waals surface area contributed by atoms with E-state index in [9.17, 15) is 18.0 Å². The van der Waals surface area contributed by atoms with Crippen molar-refractivity contribution in [1.29, 1.82) is 0 Å². The highest BCUT2D eigenvalue weighted by Gasteiger charge is 2.33. The summed E-state index contributed by atoms with van der Waals surface area (Å²) in [7, 11) is -3.88. The molecule has 0 spiro atoms. The quantitative estimate of drug-likeness (QED) is 0.350. The summed E-state index contributed by atoms with van der Waals surface area (Å²) in [5.74, 6) is 0.119. The number of amides is 2. The van der Waals surface area contributed by atoms with E-state index in [1.165, 1.54) is 4.90 Å². The topological polar surface area (TPSA) is 105 Å². The number of carbonyl (C=O) groups is 2. The van der Waals surface area contributed by atoms with E-state index < -0.39 is 28.5 Å². The normalized spacial score (nSPS) is 14.0. The van der Waals surface area contributed by atoms with Crippen LogP contribution < -0.4 is 19.1 Å². The first-order valence-corrected chi connectivity index (χ1v) is 15.6. The Balaban J connectivity index is 1.71. The van der Waals surface area contributed by atoms with Gasteiger partial charge in [-0.25, -0.2) is 8.42 Å². The molecular formula is C31H37N3O6S. The molecule has 0 saturated carbocycles. The zero-order valence-corrected chi connectivity index (χ0v) is 24.5. The van der Waals surface area contributed by atoms with Gasteiger partial charge in [-0.15, -0.1) is 0 Å². The van der Waals surface area contributed by atoms with Crippen LogP contribution in [-0.2, 0) is 32.6 Å². The zero-order valence-electron chi connectivity index (χ0n) is 23.7. The second-order valence-corrected chi connectivity index (χ2v) is 12.0. The molecule has 41 heavy (non-hydrogen) atoms. The van der Waals surface area contributed by atoms with Gasteiger partial charge in [-0.2, -0.15) is 0 Å². The lowest BCUT2D eigenvalue weighted by Gasteiger charge is -2.34. The van der Waals surface area contributed by atoms with Gasteiger partial charge >= 0.3 is 0 Å². The number of ether oxygens (including phenoxy) is 2. The summed E-state index contributed by atoms with van der Waals surface area (Å²) < 4.78 is 38.3. The van der Waals surface area contributed by atoms with Crippen molar-refractivity contribution < 1.29 is 27.5 Å².